The number of aliphatic hydroxyl groups excluding tert-OH is 4. The highest BCUT2D eigenvalue weighted by atomic mass is 32.2. The number of hydrogen-bond acceptors (Lipinski definition) is 8. The van der Waals surface area contributed by atoms with Crippen LogP contribution in [-0.2, 0) is 14.8 Å². The van der Waals surface area contributed by atoms with E-state index in [1.807, 2.05) is 0 Å². The Balaban J connectivity index is 1.85. The second-order valence-corrected chi connectivity index (χ2v) is 7.59. The lowest BCUT2D eigenvalue weighted by molar-refractivity contribution is -0.280. The van der Waals surface area contributed by atoms with Crippen LogP contribution in [0.15, 0.2) is 41.3 Å². The van der Waals surface area contributed by atoms with Gasteiger partial charge in [0.25, 0.3) is 0 Å². The molecule has 1 heterocycles. The van der Waals surface area contributed by atoms with Crippen molar-refractivity contribution in [2.45, 2.75) is 35.6 Å². The van der Waals surface area contributed by atoms with Gasteiger partial charge in [-0.3, -0.25) is 0 Å². The molecule has 0 aromatic heterocycles. The van der Waals surface area contributed by atoms with E-state index in [1.165, 1.54) is 18.2 Å². The van der Waals surface area contributed by atoms with Gasteiger partial charge in [0.15, 0.2) is 12.4 Å². The van der Waals surface area contributed by atoms with Gasteiger partial charge in [0.05, 0.1) is 11.5 Å². The SMILES string of the molecule is NS(=O)(=O)c1ccc2cc(O[C@@H]3[C@@H](O)[C@H](O)[C@@H](CO)O[C@H]3O)ccc2c1. The van der Waals surface area contributed by atoms with Crippen LogP contribution in [0.5, 0.6) is 5.75 Å². The van der Waals surface area contributed by atoms with E-state index in [-0.39, 0.29) is 10.6 Å². The lowest BCUT2D eigenvalue weighted by Crippen LogP contribution is -2.60. The average molecular weight is 385 g/mol. The van der Waals surface area contributed by atoms with Crippen LogP contribution in [-0.4, -0.2) is 66.2 Å². The molecule has 142 valence electrons. The van der Waals surface area contributed by atoms with Gasteiger partial charge in [-0.05, 0) is 35.0 Å². The Morgan fingerprint density at radius 1 is 1.04 bits per heavy atom. The summed E-state index contributed by atoms with van der Waals surface area (Å²) in [6, 6.07) is 8.99. The molecular weight excluding hydrogens is 366 g/mol. The van der Waals surface area contributed by atoms with Crippen LogP contribution in [0.3, 0.4) is 0 Å². The number of primary sulfonamides is 1. The zero-order valence-electron chi connectivity index (χ0n) is 13.5. The fourth-order valence-corrected chi connectivity index (χ4v) is 3.36. The van der Waals surface area contributed by atoms with Gasteiger partial charge in [0.1, 0.15) is 24.1 Å². The zero-order valence-corrected chi connectivity index (χ0v) is 14.3. The highest BCUT2D eigenvalue weighted by Gasteiger charge is 2.45. The Morgan fingerprint density at radius 3 is 2.35 bits per heavy atom. The third-order valence-electron chi connectivity index (χ3n) is 4.23. The van der Waals surface area contributed by atoms with Gasteiger partial charge < -0.3 is 29.9 Å². The molecule has 0 spiro atoms. The van der Waals surface area contributed by atoms with Gasteiger partial charge in [0, 0.05) is 0 Å². The number of hydrogen-bond donors (Lipinski definition) is 5. The second kappa shape index (κ2) is 7.08. The first-order chi connectivity index (χ1) is 12.2. The molecular formula is C16H19NO8S. The van der Waals surface area contributed by atoms with Crippen LogP contribution >= 0.6 is 0 Å². The van der Waals surface area contributed by atoms with Gasteiger partial charge in [-0.2, -0.15) is 0 Å². The summed E-state index contributed by atoms with van der Waals surface area (Å²) in [5.74, 6) is 0.266. The number of sulfonamides is 1. The molecule has 5 atom stereocenters. The first kappa shape index (κ1) is 19.0. The second-order valence-electron chi connectivity index (χ2n) is 6.03. The maximum atomic E-state index is 11.4. The predicted octanol–water partition coefficient (Wildman–Crippen LogP) is -1.33. The third-order valence-corrected chi connectivity index (χ3v) is 5.14. The molecule has 2 aromatic carbocycles. The first-order valence-electron chi connectivity index (χ1n) is 7.74. The average Bonchev–Trinajstić information content (AvgIpc) is 2.60. The molecule has 1 aliphatic heterocycles. The summed E-state index contributed by atoms with van der Waals surface area (Å²) in [7, 11) is -3.82. The van der Waals surface area contributed by atoms with E-state index >= 15 is 0 Å². The molecule has 1 fully saturated rings. The van der Waals surface area contributed by atoms with Crippen LogP contribution < -0.4 is 9.88 Å². The Kier molecular flexibility index (Phi) is 5.17. The largest absolute Gasteiger partial charge is 0.482 e. The van der Waals surface area contributed by atoms with Crippen LogP contribution in [0.4, 0.5) is 0 Å². The summed E-state index contributed by atoms with van der Waals surface area (Å²) < 4.78 is 33.4. The van der Waals surface area contributed by atoms with Gasteiger partial charge in [-0.1, -0.05) is 12.1 Å². The number of aliphatic hydroxyl groups is 4. The number of fused-ring (bicyclic) bond motifs is 1. The van der Waals surface area contributed by atoms with E-state index in [4.69, 9.17) is 19.7 Å². The van der Waals surface area contributed by atoms with E-state index in [9.17, 15) is 23.7 Å². The number of nitrogens with two attached hydrogens (primary N) is 1. The van der Waals surface area contributed by atoms with Crippen LogP contribution in [0, 0.1) is 0 Å². The van der Waals surface area contributed by atoms with Crippen LogP contribution in [0.2, 0.25) is 0 Å². The fraction of sp³-hybridized carbons (Fsp3) is 0.375. The molecule has 2 aromatic rings. The minimum absolute atomic E-state index is 0.0247. The molecule has 0 bridgehead atoms. The highest BCUT2D eigenvalue weighted by molar-refractivity contribution is 7.89. The molecule has 26 heavy (non-hydrogen) atoms. The normalized spacial score (nSPS) is 29.7. The third kappa shape index (κ3) is 3.67. The van der Waals surface area contributed by atoms with Gasteiger partial charge in [-0.15, -0.1) is 0 Å². The van der Waals surface area contributed by atoms with Crippen molar-refractivity contribution in [3.63, 3.8) is 0 Å². The summed E-state index contributed by atoms with van der Waals surface area (Å²) >= 11 is 0. The maximum Gasteiger partial charge on any atom is 0.238 e. The summed E-state index contributed by atoms with van der Waals surface area (Å²) in [4.78, 5) is -0.0247. The van der Waals surface area contributed by atoms with E-state index < -0.39 is 47.3 Å². The molecule has 1 aliphatic rings. The zero-order chi connectivity index (χ0) is 19.1. The Morgan fingerprint density at radius 2 is 1.69 bits per heavy atom. The molecule has 0 saturated carbocycles. The molecule has 10 heteroatoms. The van der Waals surface area contributed by atoms with Crippen molar-refractivity contribution >= 4 is 20.8 Å². The molecule has 0 radical (unpaired) electrons. The Labute approximate surface area is 149 Å². The Hall–Kier alpha value is -1.79. The molecule has 0 amide bonds. The standard InChI is InChI=1S/C16H19NO8S/c17-26(22,23)11-4-2-8-5-10(3-1-9(8)6-11)24-15-14(20)13(19)12(7-18)25-16(15)21/h1-6,12-16,18-21H,7H2,(H2,17,22,23)/t12-,13-,14+,15-,16-/m1/s1. The van der Waals surface area contributed by atoms with E-state index in [0.717, 1.165) is 0 Å². The highest BCUT2D eigenvalue weighted by Crippen LogP contribution is 2.28. The van der Waals surface area contributed by atoms with Crippen molar-refractivity contribution in [1.29, 1.82) is 0 Å². The number of rotatable bonds is 4. The number of ether oxygens (including phenoxy) is 2. The summed E-state index contributed by atoms with van der Waals surface area (Å²) in [5, 5.41) is 45.4. The molecule has 0 aliphatic carbocycles. The van der Waals surface area contributed by atoms with E-state index in [0.29, 0.717) is 10.8 Å². The van der Waals surface area contributed by atoms with E-state index in [1.54, 1.807) is 18.2 Å². The van der Waals surface area contributed by atoms with Gasteiger partial charge in [-0.25, -0.2) is 13.6 Å². The summed E-state index contributed by atoms with van der Waals surface area (Å²) in [6.07, 6.45) is -6.84. The Bertz CT molecular complexity index is 902. The predicted molar refractivity (Wildman–Crippen MR) is 89.7 cm³/mol. The monoisotopic (exact) mass is 385 g/mol. The fourth-order valence-electron chi connectivity index (χ4n) is 2.81. The van der Waals surface area contributed by atoms with Crippen LogP contribution in [0.1, 0.15) is 0 Å². The molecule has 0 unspecified atom stereocenters. The van der Waals surface area contributed by atoms with Crippen LogP contribution in [0.25, 0.3) is 10.8 Å². The minimum Gasteiger partial charge on any atom is -0.482 e. The summed E-state index contributed by atoms with van der Waals surface area (Å²) in [6.45, 7) is -0.565. The molecule has 6 N–H and O–H groups in total. The molecule has 3 rings (SSSR count). The van der Waals surface area contributed by atoms with Crippen molar-refractivity contribution in [3.05, 3.63) is 36.4 Å². The topological polar surface area (TPSA) is 160 Å². The minimum atomic E-state index is -3.82. The maximum absolute atomic E-state index is 11.4. The molecule has 1 saturated heterocycles. The van der Waals surface area contributed by atoms with Crippen molar-refractivity contribution in [3.8, 4) is 5.75 Å². The number of benzene rings is 2. The van der Waals surface area contributed by atoms with Gasteiger partial charge in [0.2, 0.25) is 10.0 Å². The summed E-state index contributed by atoms with van der Waals surface area (Å²) in [5.41, 5.74) is 0. The first-order valence-corrected chi connectivity index (χ1v) is 9.29. The van der Waals surface area contributed by atoms with Crippen molar-refractivity contribution in [2.24, 2.45) is 5.14 Å². The smallest absolute Gasteiger partial charge is 0.238 e. The van der Waals surface area contributed by atoms with Gasteiger partial charge >= 0.3 is 0 Å². The van der Waals surface area contributed by atoms with E-state index in [2.05, 4.69) is 0 Å². The quantitative estimate of drug-likeness (QED) is 0.433. The lowest BCUT2D eigenvalue weighted by Gasteiger charge is -2.39. The molecule has 9 nitrogen and oxygen atoms in total. The van der Waals surface area contributed by atoms with Crippen molar-refractivity contribution in [1.82, 2.24) is 0 Å². The lowest BCUT2D eigenvalue weighted by atomic mass is 9.99. The van der Waals surface area contributed by atoms with Crippen molar-refractivity contribution in [2.75, 3.05) is 6.61 Å². The van der Waals surface area contributed by atoms with Crippen molar-refractivity contribution < 1.29 is 38.3 Å².